The molecule has 0 fully saturated rings. The van der Waals surface area contributed by atoms with Gasteiger partial charge in [-0.3, -0.25) is 9.69 Å². The smallest absolute Gasteiger partial charge is 0.228 e. The van der Waals surface area contributed by atoms with E-state index >= 15 is 0 Å². The molecule has 0 radical (unpaired) electrons. The van der Waals surface area contributed by atoms with Crippen molar-refractivity contribution in [3.8, 4) is 5.75 Å². The van der Waals surface area contributed by atoms with Gasteiger partial charge < -0.3 is 9.64 Å². The maximum atomic E-state index is 13.3. The van der Waals surface area contributed by atoms with Crippen LogP contribution < -0.4 is 9.64 Å². The van der Waals surface area contributed by atoms with Crippen LogP contribution >= 0.6 is 11.3 Å². The maximum Gasteiger partial charge on any atom is 0.228 e. The normalized spacial score (nSPS) is 11.8. The zero-order valence-corrected chi connectivity index (χ0v) is 22.8. The molecule has 1 heterocycles. The molecule has 190 valence electrons. The van der Waals surface area contributed by atoms with Crippen molar-refractivity contribution < 1.29 is 17.9 Å². The number of sulfone groups is 1. The Morgan fingerprint density at radius 3 is 2.34 bits per heavy atom. The molecular weight excluding hydrogens is 482 g/mol. The molecule has 0 aliphatic heterocycles. The van der Waals surface area contributed by atoms with E-state index in [1.807, 2.05) is 13.0 Å². The van der Waals surface area contributed by atoms with Gasteiger partial charge in [-0.15, -0.1) is 0 Å². The van der Waals surface area contributed by atoms with Gasteiger partial charge in [-0.25, -0.2) is 13.4 Å². The quantitative estimate of drug-likeness (QED) is 0.342. The molecule has 0 unspecified atom stereocenters. The van der Waals surface area contributed by atoms with E-state index in [0.29, 0.717) is 17.4 Å². The Bertz CT molecular complexity index is 1250. The minimum Gasteiger partial charge on any atom is -0.497 e. The number of aromatic nitrogens is 1. The minimum atomic E-state index is -3.48. The van der Waals surface area contributed by atoms with Gasteiger partial charge in [0.2, 0.25) is 5.91 Å². The zero-order valence-electron chi connectivity index (χ0n) is 21.2. The molecule has 3 rings (SSSR count). The Morgan fingerprint density at radius 2 is 1.71 bits per heavy atom. The molecule has 0 atom stereocenters. The highest BCUT2D eigenvalue weighted by molar-refractivity contribution is 7.91. The number of thiazole rings is 1. The number of hydrogen-bond acceptors (Lipinski definition) is 7. The molecule has 0 spiro atoms. The number of likely N-dealkylation sites (N-methyl/N-ethyl adjacent to an activating group) is 1. The monoisotopic (exact) mass is 517 g/mol. The fourth-order valence-electron chi connectivity index (χ4n) is 3.89. The lowest BCUT2D eigenvalue weighted by molar-refractivity contribution is -0.118. The highest BCUT2D eigenvalue weighted by Crippen LogP contribution is 2.32. The fraction of sp³-hybridized carbons (Fsp3) is 0.462. The topological polar surface area (TPSA) is 79.8 Å². The number of hydrogen-bond donors (Lipinski definition) is 0. The van der Waals surface area contributed by atoms with E-state index in [2.05, 4.69) is 31.7 Å². The number of methoxy groups -OCH3 is 1. The highest BCUT2D eigenvalue weighted by Gasteiger charge is 2.22. The van der Waals surface area contributed by atoms with Crippen molar-refractivity contribution in [3.05, 3.63) is 47.5 Å². The second-order valence-corrected chi connectivity index (χ2v) is 11.6. The molecular formula is C26H35N3O4S2. The molecule has 0 aliphatic rings. The Kier molecular flexibility index (Phi) is 9.27. The van der Waals surface area contributed by atoms with Gasteiger partial charge in [0.25, 0.3) is 0 Å². The minimum absolute atomic E-state index is 0.0902. The summed E-state index contributed by atoms with van der Waals surface area (Å²) in [5, 5.41) is 0.670. The molecule has 7 nitrogen and oxygen atoms in total. The molecule has 0 saturated heterocycles. The predicted molar refractivity (Wildman–Crippen MR) is 144 cm³/mol. The Labute approximate surface area is 212 Å². The molecule has 1 amide bonds. The van der Waals surface area contributed by atoms with Crippen LogP contribution in [0, 0.1) is 13.8 Å². The summed E-state index contributed by atoms with van der Waals surface area (Å²) in [4.78, 5) is 22.4. The molecule has 0 saturated carbocycles. The van der Waals surface area contributed by atoms with Gasteiger partial charge in [-0.05, 0) is 74.8 Å². The van der Waals surface area contributed by atoms with Gasteiger partial charge in [-0.2, -0.15) is 0 Å². The Balaban J connectivity index is 1.75. The van der Waals surface area contributed by atoms with Crippen molar-refractivity contribution in [1.82, 2.24) is 9.88 Å². The summed E-state index contributed by atoms with van der Waals surface area (Å²) in [6.07, 6.45) is 0.388. The number of ether oxygens (including phenoxy) is 1. The maximum absolute atomic E-state index is 13.3. The van der Waals surface area contributed by atoms with E-state index in [1.54, 1.807) is 17.0 Å². The molecule has 3 aromatic rings. The van der Waals surface area contributed by atoms with Crippen LogP contribution in [0.2, 0.25) is 0 Å². The number of anilines is 1. The first-order chi connectivity index (χ1) is 16.7. The average molecular weight is 518 g/mol. The summed E-state index contributed by atoms with van der Waals surface area (Å²) in [7, 11) is -1.95. The number of fused-ring (bicyclic) bond motifs is 1. The number of rotatable bonds is 12. The average Bonchev–Trinajstić information content (AvgIpc) is 3.28. The summed E-state index contributed by atoms with van der Waals surface area (Å²) in [5.74, 6) is 0.410. The standard InChI is InChI=1S/C26H35N3O4S2/c1-6-28(7-2)16-17-29(26-27-25-20(4)19(3)10-15-23(25)34-26)24(30)9-8-18-35(31,32)22-13-11-21(33-5)12-14-22/h10-15H,6-9,16-18H2,1-5H3. The summed E-state index contributed by atoms with van der Waals surface area (Å²) in [6.45, 7) is 11.4. The van der Waals surface area contributed by atoms with Gasteiger partial charge in [0.1, 0.15) is 5.75 Å². The van der Waals surface area contributed by atoms with E-state index in [4.69, 9.17) is 9.72 Å². The van der Waals surface area contributed by atoms with E-state index in [9.17, 15) is 13.2 Å². The van der Waals surface area contributed by atoms with E-state index in [-0.39, 0.29) is 29.4 Å². The SMILES string of the molecule is CCN(CC)CCN(C(=O)CCCS(=O)(=O)c1ccc(OC)cc1)c1nc2c(C)c(C)ccc2s1. The second kappa shape index (κ2) is 12.0. The number of amides is 1. The lowest BCUT2D eigenvalue weighted by atomic mass is 10.1. The van der Waals surface area contributed by atoms with Gasteiger partial charge in [0.15, 0.2) is 15.0 Å². The first kappa shape index (κ1) is 27.1. The lowest BCUT2D eigenvalue weighted by Gasteiger charge is -2.24. The van der Waals surface area contributed by atoms with Crippen molar-refractivity contribution in [2.45, 2.75) is 45.4 Å². The second-order valence-electron chi connectivity index (χ2n) is 8.52. The molecule has 0 N–H and O–H groups in total. The lowest BCUT2D eigenvalue weighted by Crippen LogP contribution is -2.38. The highest BCUT2D eigenvalue weighted by atomic mass is 32.2. The largest absolute Gasteiger partial charge is 0.497 e. The van der Waals surface area contributed by atoms with Crippen molar-refractivity contribution in [1.29, 1.82) is 0 Å². The van der Waals surface area contributed by atoms with Crippen LogP contribution in [0.15, 0.2) is 41.3 Å². The molecule has 0 bridgehead atoms. The van der Waals surface area contributed by atoms with Crippen molar-refractivity contribution >= 4 is 42.4 Å². The molecule has 9 heteroatoms. The van der Waals surface area contributed by atoms with Gasteiger partial charge in [-0.1, -0.05) is 31.3 Å². The number of carbonyl (C=O) groups excluding carboxylic acids is 1. The molecule has 35 heavy (non-hydrogen) atoms. The number of aryl methyl sites for hydroxylation is 2. The summed E-state index contributed by atoms with van der Waals surface area (Å²) < 4.78 is 31.6. The fourth-order valence-corrected chi connectivity index (χ4v) is 6.27. The van der Waals surface area contributed by atoms with Crippen LogP contribution in [0.4, 0.5) is 5.13 Å². The summed E-state index contributed by atoms with van der Waals surface area (Å²) >= 11 is 1.51. The van der Waals surface area contributed by atoms with Crippen LogP contribution in [0.3, 0.4) is 0 Å². The van der Waals surface area contributed by atoms with E-state index < -0.39 is 9.84 Å². The third-order valence-corrected chi connectivity index (χ3v) is 9.22. The van der Waals surface area contributed by atoms with Crippen LogP contribution in [0.25, 0.3) is 10.2 Å². The number of benzene rings is 2. The first-order valence-electron chi connectivity index (χ1n) is 12.0. The Morgan fingerprint density at radius 1 is 1.03 bits per heavy atom. The molecule has 1 aromatic heterocycles. The van der Waals surface area contributed by atoms with E-state index in [1.165, 1.54) is 36.1 Å². The van der Waals surface area contributed by atoms with Crippen LogP contribution in [0.5, 0.6) is 5.75 Å². The van der Waals surface area contributed by atoms with Crippen molar-refractivity contribution in [2.75, 3.05) is 43.9 Å². The first-order valence-corrected chi connectivity index (χ1v) is 14.4. The zero-order chi connectivity index (χ0) is 25.6. The van der Waals surface area contributed by atoms with Gasteiger partial charge in [0, 0.05) is 19.5 Å². The van der Waals surface area contributed by atoms with Crippen LogP contribution in [-0.2, 0) is 14.6 Å². The predicted octanol–water partition coefficient (Wildman–Crippen LogP) is 4.85. The third-order valence-electron chi connectivity index (χ3n) is 6.36. The number of carbonyl (C=O) groups is 1. The third kappa shape index (κ3) is 6.59. The van der Waals surface area contributed by atoms with Crippen molar-refractivity contribution in [3.63, 3.8) is 0 Å². The van der Waals surface area contributed by atoms with Crippen LogP contribution in [0.1, 0.15) is 37.8 Å². The van der Waals surface area contributed by atoms with E-state index in [0.717, 1.165) is 35.4 Å². The summed E-state index contributed by atoms with van der Waals surface area (Å²) in [6, 6.07) is 10.5. The van der Waals surface area contributed by atoms with Gasteiger partial charge >= 0.3 is 0 Å². The van der Waals surface area contributed by atoms with Gasteiger partial charge in [0.05, 0.1) is 28.0 Å². The summed E-state index contributed by atoms with van der Waals surface area (Å²) in [5.41, 5.74) is 3.21. The number of nitrogens with zero attached hydrogens (tertiary/aromatic N) is 3. The Hall–Kier alpha value is -2.49. The van der Waals surface area contributed by atoms with Crippen LogP contribution in [-0.4, -0.2) is 63.3 Å². The molecule has 2 aromatic carbocycles. The molecule has 0 aliphatic carbocycles. The van der Waals surface area contributed by atoms with Crippen molar-refractivity contribution in [2.24, 2.45) is 0 Å².